The zero-order valence-electron chi connectivity index (χ0n) is 18.0. The van der Waals surface area contributed by atoms with E-state index in [0.717, 1.165) is 0 Å². The van der Waals surface area contributed by atoms with Crippen LogP contribution in [0.4, 0.5) is 0 Å². The number of carboxylic acids is 1. The van der Waals surface area contributed by atoms with E-state index in [4.69, 9.17) is 4.74 Å². The number of aliphatic carboxylic acids is 1. The molecule has 0 aliphatic rings. The van der Waals surface area contributed by atoms with Crippen LogP contribution in [0.15, 0.2) is 48.5 Å². The Balaban J connectivity index is 0.00000480. The van der Waals surface area contributed by atoms with Crippen LogP contribution >= 0.6 is 0 Å². The predicted molar refractivity (Wildman–Crippen MR) is 117 cm³/mol. The molecule has 0 unspecified atom stereocenters. The van der Waals surface area contributed by atoms with Crippen LogP contribution in [-0.4, -0.2) is 99.4 Å². The summed E-state index contributed by atoms with van der Waals surface area (Å²) in [5.74, 6) is -1.14. The topological polar surface area (TPSA) is 111 Å². The Bertz CT molecular complexity index is 848. The fourth-order valence-corrected chi connectivity index (χ4v) is 3.06. The number of aromatic hydroxyl groups is 2. The predicted octanol–water partition coefficient (Wildman–Crippen LogP) is 1.67. The molecule has 0 bridgehead atoms. The van der Waals surface area contributed by atoms with E-state index in [1.807, 2.05) is 0 Å². The summed E-state index contributed by atoms with van der Waals surface area (Å²) in [7, 11) is 0. The van der Waals surface area contributed by atoms with Crippen molar-refractivity contribution in [3.63, 3.8) is 0 Å². The minimum Gasteiger partial charge on any atom is -0.508 e. The van der Waals surface area contributed by atoms with Gasteiger partial charge in [-0.05, 0) is 19.1 Å². The quantitative estimate of drug-likeness (QED) is 0.338. The summed E-state index contributed by atoms with van der Waals surface area (Å²) < 4.78 is 5.04. The molecule has 0 aliphatic carbocycles. The van der Waals surface area contributed by atoms with Gasteiger partial charge in [-0.2, -0.15) is 0 Å². The first-order valence-electron chi connectivity index (χ1n) is 9.75. The Morgan fingerprint density at radius 3 is 1.71 bits per heavy atom. The number of carboxylic acid groups (broad SMARTS) is 1. The van der Waals surface area contributed by atoms with Gasteiger partial charge in [0, 0.05) is 66.9 Å². The number of esters is 1. The van der Waals surface area contributed by atoms with Crippen molar-refractivity contribution in [1.29, 1.82) is 0 Å². The summed E-state index contributed by atoms with van der Waals surface area (Å²) in [6.07, 6.45) is 0. The van der Waals surface area contributed by atoms with Crippen LogP contribution in [0.5, 0.6) is 11.5 Å². The number of hydrogen-bond donors (Lipinski definition) is 3. The van der Waals surface area contributed by atoms with Crippen molar-refractivity contribution < 1.29 is 29.6 Å². The molecule has 0 spiro atoms. The number of hydrogen-bond acceptors (Lipinski definition) is 7. The van der Waals surface area contributed by atoms with Crippen molar-refractivity contribution in [2.24, 2.45) is 0 Å². The molecule has 8 nitrogen and oxygen atoms in total. The number of benzene rings is 2. The van der Waals surface area contributed by atoms with Crippen LogP contribution in [0.1, 0.15) is 18.1 Å². The van der Waals surface area contributed by atoms with E-state index < -0.39 is 11.9 Å². The molecule has 0 saturated carbocycles. The van der Waals surface area contributed by atoms with E-state index in [2.05, 4.69) is 0 Å². The first kappa shape index (κ1) is 26.9. The van der Waals surface area contributed by atoms with E-state index >= 15 is 0 Å². The van der Waals surface area contributed by atoms with Crippen LogP contribution in [-0.2, 0) is 27.4 Å². The maximum absolute atomic E-state index is 12.0. The van der Waals surface area contributed by atoms with Crippen molar-refractivity contribution in [3.8, 4) is 11.5 Å². The number of carbonyl (C=O) groups is 2. The van der Waals surface area contributed by atoms with Gasteiger partial charge in [-0.3, -0.25) is 19.4 Å². The van der Waals surface area contributed by atoms with Gasteiger partial charge in [-0.15, -0.1) is 0 Å². The first-order valence-corrected chi connectivity index (χ1v) is 9.75. The Morgan fingerprint density at radius 1 is 0.839 bits per heavy atom. The monoisotopic (exact) mass is 439 g/mol. The van der Waals surface area contributed by atoms with Gasteiger partial charge in [0.05, 0.1) is 19.7 Å². The van der Waals surface area contributed by atoms with Crippen molar-refractivity contribution in [1.82, 2.24) is 9.80 Å². The molecule has 2 rings (SSSR count). The fourth-order valence-electron chi connectivity index (χ4n) is 3.06. The van der Waals surface area contributed by atoms with Crippen molar-refractivity contribution in [2.75, 3.05) is 32.8 Å². The van der Waals surface area contributed by atoms with Crippen molar-refractivity contribution in [2.45, 2.75) is 20.0 Å². The van der Waals surface area contributed by atoms with Gasteiger partial charge in [0.1, 0.15) is 11.5 Å². The number of nitrogens with zero attached hydrogens (tertiary/aromatic N) is 2. The molecule has 0 heterocycles. The molecule has 9 heteroatoms. The zero-order valence-corrected chi connectivity index (χ0v) is 20.0. The Kier molecular flexibility index (Phi) is 12.2. The minimum atomic E-state index is -0.983. The van der Waals surface area contributed by atoms with Crippen LogP contribution < -0.4 is 0 Å². The normalized spacial score (nSPS) is 10.7. The summed E-state index contributed by atoms with van der Waals surface area (Å²) in [5.41, 5.74) is 1.28. The number of carbonyl (C=O) groups excluding carboxylic acids is 1. The second-order valence-corrected chi connectivity index (χ2v) is 6.88. The van der Waals surface area contributed by atoms with Gasteiger partial charge in [0.2, 0.25) is 0 Å². The standard InChI is InChI=1S/C22H28N2O6.Na/c1-2-30-22(29)16-24(14-18-8-4-6-10-20(18)26)12-11-23(15-21(27)28)13-17-7-3-5-9-19(17)25;/h3-10,25-26H,2,11-16H2,1H3,(H,27,28);. The maximum atomic E-state index is 12.0. The van der Waals surface area contributed by atoms with Gasteiger partial charge in [0.25, 0.3) is 0 Å². The van der Waals surface area contributed by atoms with E-state index in [9.17, 15) is 24.9 Å². The van der Waals surface area contributed by atoms with Crippen LogP contribution in [0.2, 0.25) is 0 Å². The molecule has 0 fully saturated rings. The zero-order chi connectivity index (χ0) is 21.9. The van der Waals surface area contributed by atoms with Crippen LogP contribution in [0.25, 0.3) is 0 Å². The molecule has 2 aromatic rings. The largest absolute Gasteiger partial charge is 0.508 e. The molecule has 2 aromatic carbocycles. The second kappa shape index (κ2) is 14.1. The number of para-hydroxylation sites is 2. The summed E-state index contributed by atoms with van der Waals surface area (Å²) in [6, 6.07) is 13.6. The van der Waals surface area contributed by atoms with Crippen LogP contribution in [0, 0.1) is 0 Å². The van der Waals surface area contributed by atoms with Gasteiger partial charge < -0.3 is 20.1 Å². The van der Waals surface area contributed by atoms with Crippen molar-refractivity contribution in [3.05, 3.63) is 59.7 Å². The summed E-state index contributed by atoms with van der Waals surface area (Å²) in [5, 5.41) is 29.3. The summed E-state index contributed by atoms with van der Waals surface area (Å²) in [6.45, 7) is 3.07. The first-order chi connectivity index (χ1) is 14.4. The molecular formula is C22H28N2NaO6. The van der Waals surface area contributed by atoms with E-state index in [0.29, 0.717) is 30.8 Å². The smallest absolute Gasteiger partial charge is 0.320 e. The molecule has 0 aliphatic heterocycles. The van der Waals surface area contributed by atoms with Gasteiger partial charge in [-0.1, -0.05) is 36.4 Å². The van der Waals surface area contributed by atoms with Crippen molar-refractivity contribution >= 4 is 41.5 Å². The summed E-state index contributed by atoms with van der Waals surface area (Å²) >= 11 is 0. The molecular weight excluding hydrogens is 411 g/mol. The number of ether oxygens (including phenoxy) is 1. The Hall–Kier alpha value is -2.10. The van der Waals surface area contributed by atoms with Crippen LogP contribution in [0.3, 0.4) is 0 Å². The molecule has 31 heavy (non-hydrogen) atoms. The Labute approximate surface area is 204 Å². The number of phenols is 2. The Morgan fingerprint density at radius 2 is 1.29 bits per heavy atom. The average Bonchev–Trinajstić information content (AvgIpc) is 2.69. The minimum absolute atomic E-state index is 0. The third kappa shape index (κ3) is 9.71. The van der Waals surface area contributed by atoms with E-state index in [1.165, 1.54) is 0 Å². The second-order valence-electron chi connectivity index (χ2n) is 6.88. The number of phenolic OH excluding ortho intramolecular Hbond substituents is 2. The molecule has 3 N–H and O–H groups in total. The third-order valence-corrected chi connectivity index (χ3v) is 4.52. The molecule has 0 saturated heterocycles. The van der Waals surface area contributed by atoms with E-state index in [-0.39, 0.29) is 67.3 Å². The maximum Gasteiger partial charge on any atom is 0.320 e. The molecule has 0 amide bonds. The van der Waals surface area contributed by atoms with Gasteiger partial charge >= 0.3 is 11.9 Å². The SMILES string of the molecule is CCOC(=O)CN(CCN(CC(=O)O)Cc1ccccc1O)Cc1ccccc1O.[Na]. The molecule has 0 aromatic heterocycles. The average molecular weight is 439 g/mol. The van der Waals surface area contributed by atoms with E-state index in [1.54, 1.807) is 65.3 Å². The molecule has 1 radical (unpaired) electrons. The van der Waals surface area contributed by atoms with Gasteiger partial charge in [0.15, 0.2) is 0 Å². The summed E-state index contributed by atoms with van der Waals surface area (Å²) in [4.78, 5) is 26.8. The fraction of sp³-hybridized carbons (Fsp3) is 0.364. The molecule has 0 atom stereocenters. The third-order valence-electron chi connectivity index (χ3n) is 4.52. The number of rotatable bonds is 12. The molecule has 163 valence electrons. The van der Waals surface area contributed by atoms with Gasteiger partial charge in [-0.25, -0.2) is 0 Å².